The monoisotopic (exact) mass is 311 g/mol. The van der Waals surface area contributed by atoms with E-state index in [0.29, 0.717) is 17.2 Å². The highest BCUT2D eigenvalue weighted by atomic mass is 32.2. The molecule has 0 aliphatic heterocycles. The Balaban J connectivity index is 2.75. The second-order valence-corrected chi connectivity index (χ2v) is 5.65. The van der Waals surface area contributed by atoms with E-state index in [1.54, 1.807) is 21.3 Å². The van der Waals surface area contributed by atoms with Crippen molar-refractivity contribution >= 4 is 11.8 Å². The van der Waals surface area contributed by atoms with Crippen molar-refractivity contribution in [2.24, 2.45) is 0 Å². The van der Waals surface area contributed by atoms with Crippen LogP contribution in [0.15, 0.2) is 24.8 Å². The first-order valence-corrected chi connectivity index (χ1v) is 8.05. The van der Waals surface area contributed by atoms with Crippen LogP contribution in [0.2, 0.25) is 0 Å². The molecule has 0 bridgehead atoms. The fraction of sp³-hybridized carbons (Fsp3) is 0.500. The van der Waals surface area contributed by atoms with Gasteiger partial charge in [0.05, 0.1) is 21.3 Å². The van der Waals surface area contributed by atoms with Gasteiger partial charge in [-0.25, -0.2) is 0 Å². The third-order valence-corrected chi connectivity index (χ3v) is 4.08. The Kier molecular flexibility index (Phi) is 8.08. The van der Waals surface area contributed by atoms with E-state index in [4.69, 9.17) is 14.2 Å². The Morgan fingerprint density at radius 3 is 2.29 bits per heavy atom. The van der Waals surface area contributed by atoms with Gasteiger partial charge in [0, 0.05) is 24.1 Å². The van der Waals surface area contributed by atoms with Crippen LogP contribution >= 0.6 is 11.8 Å². The largest absolute Gasteiger partial charge is 0.493 e. The minimum absolute atomic E-state index is 0.211. The summed E-state index contributed by atoms with van der Waals surface area (Å²) in [7, 11) is 4.87. The van der Waals surface area contributed by atoms with E-state index in [9.17, 15) is 0 Å². The summed E-state index contributed by atoms with van der Waals surface area (Å²) in [5.41, 5.74) is 1.11. The summed E-state index contributed by atoms with van der Waals surface area (Å²) in [6, 6.07) is 4.18. The van der Waals surface area contributed by atoms with E-state index in [-0.39, 0.29) is 6.04 Å². The molecule has 118 valence electrons. The highest BCUT2D eigenvalue weighted by Gasteiger charge is 2.15. The lowest BCUT2D eigenvalue weighted by Crippen LogP contribution is -2.21. The Morgan fingerprint density at radius 2 is 1.81 bits per heavy atom. The van der Waals surface area contributed by atoms with E-state index in [2.05, 4.69) is 18.8 Å². The second kappa shape index (κ2) is 9.58. The van der Waals surface area contributed by atoms with Crippen molar-refractivity contribution in [3.05, 3.63) is 30.4 Å². The van der Waals surface area contributed by atoms with Gasteiger partial charge in [-0.1, -0.05) is 6.08 Å². The van der Waals surface area contributed by atoms with Gasteiger partial charge in [-0.15, -0.1) is 6.58 Å². The van der Waals surface area contributed by atoms with E-state index >= 15 is 0 Å². The van der Waals surface area contributed by atoms with Gasteiger partial charge >= 0.3 is 0 Å². The molecule has 1 aromatic rings. The highest BCUT2D eigenvalue weighted by molar-refractivity contribution is 7.99. The van der Waals surface area contributed by atoms with Gasteiger partial charge in [-0.2, -0.15) is 11.8 Å². The molecule has 0 saturated carbocycles. The summed E-state index contributed by atoms with van der Waals surface area (Å²) in [6.45, 7) is 6.78. The number of nitrogens with one attached hydrogen (secondary N) is 1. The summed E-state index contributed by atoms with van der Waals surface area (Å²) in [5.74, 6) is 4.03. The van der Waals surface area contributed by atoms with Gasteiger partial charge in [0.1, 0.15) is 0 Å². The zero-order valence-electron chi connectivity index (χ0n) is 13.3. The smallest absolute Gasteiger partial charge is 0.203 e. The molecule has 0 aliphatic rings. The van der Waals surface area contributed by atoms with Crippen LogP contribution in [0.25, 0.3) is 0 Å². The Bertz CT molecular complexity index is 426. The topological polar surface area (TPSA) is 39.7 Å². The SMILES string of the molecule is C=CCSCCNC(C)c1cc(OC)c(OC)c(OC)c1. The second-order valence-electron chi connectivity index (χ2n) is 4.50. The van der Waals surface area contributed by atoms with Crippen LogP contribution in [0.3, 0.4) is 0 Å². The predicted molar refractivity (Wildman–Crippen MR) is 90.0 cm³/mol. The molecule has 0 spiro atoms. The molecule has 0 radical (unpaired) electrons. The van der Waals surface area contributed by atoms with Gasteiger partial charge in [0.25, 0.3) is 0 Å². The highest BCUT2D eigenvalue weighted by Crippen LogP contribution is 2.39. The van der Waals surface area contributed by atoms with Crippen molar-refractivity contribution < 1.29 is 14.2 Å². The average Bonchev–Trinajstić information content (AvgIpc) is 2.52. The molecule has 0 saturated heterocycles. The number of hydrogen-bond donors (Lipinski definition) is 1. The molecule has 1 unspecified atom stereocenters. The molecule has 0 fully saturated rings. The fourth-order valence-electron chi connectivity index (χ4n) is 1.98. The number of thioether (sulfide) groups is 1. The molecule has 1 atom stereocenters. The molecule has 0 aliphatic carbocycles. The molecule has 1 aromatic carbocycles. The van der Waals surface area contributed by atoms with E-state index in [0.717, 1.165) is 23.6 Å². The lowest BCUT2D eigenvalue weighted by molar-refractivity contribution is 0.323. The standard InChI is InChI=1S/C16H25NO3S/c1-6-8-21-9-7-17-12(2)13-10-14(18-3)16(20-5)15(11-13)19-4/h6,10-12,17H,1,7-9H2,2-5H3. The molecule has 21 heavy (non-hydrogen) atoms. The maximum Gasteiger partial charge on any atom is 0.203 e. The fourth-order valence-corrected chi connectivity index (χ4v) is 2.58. The first-order valence-electron chi connectivity index (χ1n) is 6.89. The van der Waals surface area contributed by atoms with E-state index < -0.39 is 0 Å². The van der Waals surface area contributed by atoms with Crippen LogP contribution in [0.4, 0.5) is 0 Å². The van der Waals surface area contributed by atoms with E-state index in [1.807, 2.05) is 30.0 Å². The first-order chi connectivity index (χ1) is 10.2. The quantitative estimate of drug-likeness (QED) is 0.530. The van der Waals surface area contributed by atoms with Crippen molar-refractivity contribution in [2.75, 3.05) is 39.4 Å². The number of rotatable bonds is 10. The third-order valence-electron chi connectivity index (χ3n) is 3.12. The Hall–Kier alpha value is -1.33. The molecule has 0 heterocycles. The van der Waals surface area contributed by atoms with Crippen molar-refractivity contribution in [3.8, 4) is 17.2 Å². The maximum atomic E-state index is 5.38. The first kappa shape index (κ1) is 17.7. The van der Waals surface area contributed by atoms with Crippen molar-refractivity contribution in [2.45, 2.75) is 13.0 Å². The normalized spacial score (nSPS) is 11.8. The Labute approximate surface area is 131 Å². The zero-order valence-corrected chi connectivity index (χ0v) is 14.1. The number of benzene rings is 1. The van der Waals surface area contributed by atoms with Gasteiger partial charge < -0.3 is 19.5 Å². The van der Waals surface area contributed by atoms with Crippen molar-refractivity contribution in [1.29, 1.82) is 0 Å². The summed E-state index contributed by atoms with van der Waals surface area (Å²) in [5, 5.41) is 3.49. The number of hydrogen-bond acceptors (Lipinski definition) is 5. The van der Waals surface area contributed by atoms with Crippen molar-refractivity contribution in [1.82, 2.24) is 5.32 Å². The molecule has 0 amide bonds. The zero-order chi connectivity index (χ0) is 15.7. The van der Waals surface area contributed by atoms with Gasteiger partial charge in [0.2, 0.25) is 5.75 Å². The van der Waals surface area contributed by atoms with Crippen LogP contribution in [0.5, 0.6) is 17.2 Å². The lowest BCUT2D eigenvalue weighted by atomic mass is 10.1. The predicted octanol–water partition coefficient (Wildman–Crippen LogP) is 3.28. The Morgan fingerprint density at radius 1 is 1.19 bits per heavy atom. The molecular weight excluding hydrogens is 286 g/mol. The minimum atomic E-state index is 0.211. The molecule has 1 N–H and O–H groups in total. The lowest BCUT2D eigenvalue weighted by Gasteiger charge is -2.18. The molecule has 0 aromatic heterocycles. The molecular formula is C16H25NO3S. The van der Waals surface area contributed by atoms with Gasteiger partial charge in [0.15, 0.2) is 11.5 Å². The molecule has 5 heteroatoms. The number of methoxy groups -OCH3 is 3. The minimum Gasteiger partial charge on any atom is -0.493 e. The van der Waals surface area contributed by atoms with Gasteiger partial charge in [-0.3, -0.25) is 0 Å². The summed E-state index contributed by atoms with van der Waals surface area (Å²) < 4.78 is 16.1. The van der Waals surface area contributed by atoms with Crippen LogP contribution < -0.4 is 19.5 Å². The third kappa shape index (κ3) is 5.17. The van der Waals surface area contributed by atoms with Crippen LogP contribution in [-0.4, -0.2) is 39.4 Å². The maximum absolute atomic E-state index is 5.38. The van der Waals surface area contributed by atoms with Crippen LogP contribution in [0.1, 0.15) is 18.5 Å². The average molecular weight is 311 g/mol. The summed E-state index contributed by atoms with van der Waals surface area (Å²) in [6.07, 6.45) is 1.92. The molecule has 1 rings (SSSR count). The van der Waals surface area contributed by atoms with Crippen LogP contribution in [-0.2, 0) is 0 Å². The summed E-state index contributed by atoms with van der Waals surface area (Å²) in [4.78, 5) is 0. The van der Waals surface area contributed by atoms with E-state index in [1.165, 1.54) is 0 Å². The molecule has 4 nitrogen and oxygen atoms in total. The van der Waals surface area contributed by atoms with Gasteiger partial charge in [-0.05, 0) is 24.6 Å². The van der Waals surface area contributed by atoms with Crippen molar-refractivity contribution in [3.63, 3.8) is 0 Å². The summed E-state index contributed by atoms with van der Waals surface area (Å²) >= 11 is 1.86. The number of ether oxygens (including phenoxy) is 3. The van der Waals surface area contributed by atoms with Crippen LogP contribution in [0, 0.1) is 0 Å².